The summed E-state index contributed by atoms with van der Waals surface area (Å²) in [7, 11) is 1.94. The standard InChI is InChI=1S/C17H19Br2NO/c1-11(2)15-8-13(18)6-7-16(15)21-17-9-14(19)5-4-12(17)10-20-3/h4-9,11,20H,10H2,1-3H3. The van der Waals surface area contributed by atoms with Gasteiger partial charge in [-0.3, -0.25) is 0 Å². The molecule has 112 valence electrons. The van der Waals surface area contributed by atoms with Gasteiger partial charge in [-0.15, -0.1) is 0 Å². The van der Waals surface area contributed by atoms with Gasteiger partial charge in [0.2, 0.25) is 0 Å². The zero-order valence-electron chi connectivity index (χ0n) is 12.4. The van der Waals surface area contributed by atoms with Crippen LogP contribution in [0.25, 0.3) is 0 Å². The van der Waals surface area contributed by atoms with E-state index in [2.05, 4.69) is 63.2 Å². The molecule has 0 saturated carbocycles. The van der Waals surface area contributed by atoms with E-state index >= 15 is 0 Å². The van der Waals surface area contributed by atoms with Gasteiger partial charge in [-0.25, -0.2) is 0 Å². The average Bonchev–Trinajstić information content (AvgIpc) is 2.43. The van der Waals surface area contributed by atoms with Crippen LogP contribution in [-0.4, -0.2) is 7.05 Å². The zero-order valence-corrected chi connectivity index (χ0v) is 15.6. The van der Waals surface area contributed by atoms with Gasteiger partial charge in [-0.2, -0.15) is 0 Å². The molecule has 0 amide bonds. The van der Waals surface area contributed by atoms with Crippen molar-refractivity contribution in [1.82, 2.24) is 5.32 Å². The highest BCUT2D eigenvalue weighted by Gasteiger charge is 2.12. The smallest absolute Gasteiger partial charge is 0.133 e. The molecule has 2 rings (SSSR count). The van der Waals surface area contributed by atoms with Crippen LogP contribution >= 0.6 is 31.9 Å². The monoisotopic (exact) mass is 411 g/mol. The maximum Gasteiger partial charge on any atom is 0.133 e. The van der Waals surface area contributed by atoms with Gasteiger partial charge in [0, 0.05) is 21.1 Å². The third kappa shape index (κ3) is 4.31. The number of hydrogen-bond donors (Lipinski definition) is 1. The van der Waals surface area contributed by atoms with Crippen LogP contribution in [0.15, 0.2) is 45.3 Å². The number of nitrogens with one attached hydrogen (secondary N) is 1. The molecular formula is C17H19Br2NO. The molecule has 0 bridgehead atoms. The SMILES string of the molecule is CNCc1ccc(Br)cc1Oc1ccc(Br)cc1C(C)C. The molecule has 2 aromatic carbocycles. The van der Waals surface area contributed by atoms with E-state index in [0.717, 1.165) is 32.6 Å². The molecule has 0 aliphatic rings. The van der Waals surface area contributed by atoms with Crippen LogP contribution < -0.4 is 10.1 Å². The molecule has 21 heavy (non-hydrogen) atoms. The molecule has 0 fully saturated rings. The maximum absolute atomic E-state index is 6.20. The Morgan fingerprint density at radius 2 is 1.67 bits per heavy atom. The maximum atomic E-state index is 6.20. The predicted octanol–water partition coefficient (Wildman–Crippen LogP) is 5.85. The number of ether oxygens (including phenoxy) is 1. The Labute approximate surface area is 143 Å². The fourth-order valence-corrected chi connectivity index (χ4v) is 2.86. The molecule has 0 aliphatic carbocycles. The van der Waals surface area contributed by atoms with Gasteiger partial charge in [0.25, 0.3) is 0 Å². The molecule has 2 aromatic rings. The summed E-state index contributed by atoms with van der Waals surface area (Å²) in [4.78, 5) is 0. The van der Waals surface area contributed by atoms with Crippen molar-refractivity contribution in [1.29, 1.82) is 0 Å². The van der Waals surface area contributed by atoms with Crippen molar-refractivity contribution in [3.05, 3.63) is 56.5 Å². The van der Waals surface area contributed by atoms with Crippen LogP contribution in [0.1, 0.15) is 30.9 Å². The fraction of sp³-hybridized carbons (Fsp3) is 0.294. The third-order valence-corrected chi connectivity index (χ3v) is 4.20. The molecule has 4 heteroatoms. The Balaban J connectivity index is 2.40. The van der Waals surface area contributed by atoms with Crippen molar-refractivity contribution in [2.45, 2.75) is 26.3 Å². The van der Waals surface area contributed by atoms with Gasteiger partial charge < -0.3 is 10.1 Å². The molecule has 0 aliphatic heterocycles. The summed E-state index contributed by atoms with van der Waals surface area (Å²) in [6, 6.07) is 12.3. The molecule has 0 saturated heterocycles. The number of rotatable bonds is 5. The Kier molecular flexibility index (Phi) is 5.85. The minimum atomic E-state index is 0.400. The third-order valence-electron chi connectivity index (χ3n) is 3.21. The highest BCUT2D eigenvalue weighted by atomic mass is 79.9. The zero-order chi connectivity index (χ0) is 15.4. The second-order valence-electron chi connectivity index (χ2n) is 5.22. The van der Waals surface area contributed by atoms with Crippen molar-refractivity contribution in [3.63, 3.8) is 0 Å². The van der Waals surface area contributed by atoms with Crippen molar-refractivity contribution in [2.75, 3.05) is 7.05 Å². The molecule has 0 unspecified atom stereocenters. The van der Waals surface area contributed by atoms with Crippen molar-refractivity contribution >= 4 is 31.9 Å². The Morgan fingerprint density at radius 1 is 1.00 bits per heavy atom. The number of halogens is 2. The van der Waals surface area contributed by atoms with Crippen molar-refractivity contribution < 1.29 is 4.74 Å². The lowest BCUT2D eigenvalue weighted by Gasteiger charge is -2.17. The number of benzene rings is 2. The van der Waals surface area contributed by atoms with E-state index in [1.165, 1.54) is 5.56 Å². The van der Waals surface area contributed by atoms with Gasteiger partial charge in [-0.05, 0) is 48.9 Å². The largest absolute Gasteiger partial charge is 0.457 e. The summed E-state index contributed by atoms with van der Waals surface area (Å²) < 4.78 is 8.29. The fourth-order valence-electron chi connectivity index (χ4n) is 2.14. The highest BCUT2D eigenvalue weighted by molar-refractivity contribution is 9.10. The van der Waals surface area contributed by atoms with Crippen LogP contribution in [0.4, 0.5) is 0 Å². The Bertz CT molecular complexity index is 626. The van der Waals surface area contributed by atoms with E-state index < -0.39 is 0 Å². The first-order valence-corrected chi connectivity index (χ1v) is 8.50. The van der Waals surface area contributed by atoms with E-state index in [0.29, 0.717) is 5.92 Å². The molecule has 2 nitrogen and oxygen atoms in total. The molecule has 0 aromatic heterocycles. The average molecular weight is 413 g/mol. The van der Waals surface area contributed by atoms with Gasteiger partial charge in [0.15, 0.2) is 0 Å². The van der Waals surface area contributed by atoms with Gasteiger partial charge in [-0.1, -0.05) is 51.8 Å². The first-order valence-electron chi connectivity index (χ1n) is 6.91. The van der Waals surface area contributed by atoms with Gasteiger partial charge in [0.1, 0.15) is 11.5 Å². The van der Waals surface area contributed by atoms with Crippen LogP contribution in [0.2, 0.25) is 0 Å². The predicted molar refractivity (Wildman–Crippen MR) is 95.2 cm³/mol. The molecule has 0 atom stereocenters. The first-order chi connectivity index (χ1) is 10.0. The van der Waals surface area contributed by atoms with Gasteiger partial charge >= 0.3 is 0 Å². The minimum absolute atomic E-state index is 0.400. The van der Waals surface area contributed by atoms with Crippen molar-refractivity contribution in [2.24, 2.45) is 0 Å². The summed E-state index contributed by atoms with van der Waals surface area (Å²) in [6.07, 6.45) is 0. The van der Waals surface area contributed by atoms with E-state index in [-0.39, 0.29) is 0 Å². The van der Waals surface area contributed by atoms with Crippen LogP contribution in [-0.2, 0) is 6.54 Å². The first kappa shape index (κ1) is 16.5. The normalized spacial score (nSPS) is 11.0. The van der Waals surface area contributed by atoms with E-state index in [9.17, 15) is 0 Å². The minimum Gasteiger partial charge on any atom is -0.457 e. The summed E-state index contributed by atoms with van der Waals surface area (Å²) in [5.74, 6) is 2.18. The lowest BCUT2D eigenvalue weighted by Crippen LogP contribution is -2.06. The summed E-state index contributed by atoms with van der Waals surface area (Å²) in [5.41, 5.74) is 2.33. The lowest BCUT2D eigenvalue weighted by molar-refractivity contribution is 0.465. The molecule has 1 N–H and O–H groups in total. The molecular weight excluding hydrogens is 394 g/mol. The second kappa shape index (κ2) is 7.43. The highest BCUT2D eigenvalue weighted by Crippen LogP contribution is 2.35. The molecule has 0 heterocycles. The van der Waals surface area contributed by atoms with Crippen molar-refractivity contribution in [3.8, 4) is 11.5 Å². The van der Waals surface area contributed by atoms with E-state index in [1.54, 1.807) is 0 Å². The summed E-state index contributed by atoms with van der Waals surface area (Å²) in [6.45, 7) is 5.12. The summed E-state index contributed by atoms with van der Waals surface area (Å²) in [5, 5.41) is 3.17. The van der Waals surface area contributed by atoms with E-state index in [1.807, 2.05) is 31.3 Å². The molecule has 0 radical (unpaired) electrons. The second-order valence-corrected chi connectivity index (χ2v) is 7.05. The molecule has 0 spiro atoms. The van der Waals surface area contributed by atoms with Crippen LogP contribution in [0.5, 0.6) is 11.5 Å². The Hall–Kier alpha value is -0.840. The van der Waals surface area contributed by atoms with Crippen LogP contribution in [0.3, 0.4) is 0 Å². The van der Waals surface area contributed by atoms with E-state index in [4.69, 9.17) is 4.74 Å². The summed E-state index contributed by atoms with van der Waals surface area (Å²) >= 11 is 7.04. The van der Waals surface area contributed by atoms with Gasteiger partial charge in [0.05, 0.1) is 0 Å². The lowest BCUT2D eigenvalue weighted by atomic mass is 10.0. The van der Waals surface area contributed by atoms with Crippen LogP contribution in [0, 0.1) is 0 Å². The topological polar surface area (TPSA) is 21.3 Å². The Morgan fingerprint density at radius 3 is 2.33 bits per heavy atom. The quantitative estimate of drug-likeness (QED) is 0.665. The number of hydrogen-bond acceptors (Lipinski definition) is 2.